The Labute approximate surface area is 204 Å². The van der Waals surface area contributed by atoms with Crippen LogP contribution in [0.1, 0.15) is 41.3 Å². The average Bonchev–Trinajstić information content (AvgIpc) is 3.31. The summed E-state index contributed by atoms with van der Waals surface area (Å²) in [7, 11) is 0. The Morgan fingerprint density at radius 2 is 1.97 bits per heavy atom. The number of piperazine rings is 1. The quantitative estimate of drug-likeness (QED) is 0.657. The molecule has 6 nitrogen and oxygen atoms in total. The number of rotatable bonds is 5. The molecule has 2 aromatic carbocycles. The third-order valence-corrected chi connectivity index (χ3v) is 6.86. The molecule has 0 saturated carbocycles. The van der Waals surface area contributed by atoms with Gasteiger partial charge in [0.1, 0.15) is 6.10 Å². The third kappa shape index (κ3) is 5.69. The number of carbonyl (C=O) groups excluding carboxylic acids is 2. The summed E-state index contributed by atoms with van der Waals surface area (Å²) in [5.41, 5.74) is 3.20. The second-order valence-electron chi connectivity index (χ2n) is 8.82. The van der Waals surface area contributed by atoms with Crippen molar-refractivity contribution in [2.24, 2.45) is 0 Å². The zero-order valence-corrected chi connectivity index (χ0v) is 20.5. The van der Waals surface area contributed by atoms with Gasteiger partial charge in [-0.1, -0.05) is 29.3 Å². The number of carbonyl (C=O) groups is 2. The van der Waals surface area contributed by atoms with Crippen LogP contribution >= 0.6 is 23.2 Å². The Bertz CT molecular complexity index is 1040. The van der Waals surface area contributed by atoms with Gasteiger partial charge >= 0.3 is 0 Å². The fourth-order valence-electron chi connectivity index (χ4n) is 4.56. The largest absolute Gasteiger partial charge is 0.368 e. The molecule has 2 amide bonds. The van der Waals surface area contributed by atoms with Crippen molar-refractivity contribution < 1.29 is 14.3 Å². The Morgan fingerprint density at radius 1 is 1.15 bits per heavy atom. The van der Waals surface area contributed by atoms with Crippen LogP contribution in [-0.4, -0.2) is 60.0 Å². The van der Waals surface area contributed by atoms with Gasteiger partial charge in [-0.15, -0.1) is 0 Å². The van der Waals surface area contributed by atoms with Crippen LogP contribution in [0.2, 0.25) is 10.0 Å². The molecule has 0 aliphatic carbocycles. The Kier molecular flexibility index (Phi) is 7.59. The molecule has 0 spiro atoms. The molecule has 2 saturated heterocycles. The van der Waals surface area contributed by atoms with Gasteiger partial charge in [0, 0.05) is 60.1 Å². The van der Waals surface area contributed by atoms with E-state index in [1.165, 1.54) is 0 Å². The predicted octanol–water partition coefficient (Wildman–Crippen LogP) is 4.77. The van der Waals surface area contributed by atoms with Crippen LogP contribution in [0.5, 0.6) is 0 Å². The molecule has 2 aromatic rings. The van der Waals surface area contributed by atoms with Crippen LogP contribution in [0.4, 0.5) is 5.69 Å². The third-order valence-electron chi connectivity index (χ3n) is 6.41. The van der Waals surface area contributed by atoms with E-state index in [4.69, 9.17) is 27.9 Å². The fourth-order valence-corrected chi connectivity index (χ4v) is 4.99. The second kappa shape index (κ2) is 10.4. The fraction of sp³-hybridized carbons (Fsp3) is 0.440. The number of anilines is 1. The molecule has 2 fully saturated rings. The molecule has 1 N–H and O–H groups in total. The van der Waals surface area contributed by atoms with Crippen molar-refractivity contribution in [3.8, 4) is 0 Å². The van der Waals surface area contributed by atoms with E-state index in [-0.39, 0.29) is 24.0 Å². The van der Waals surface area contributed by atoms with Crippen LogP contribution in [0.25, 0.3) is 0 Å². The summed E-state index contributed by atoms with van der Waals surface area (Å²) in [6.07, 6.45) is 1.49. The zero-order valence-electron chi connectivity index (χ0n) is 18.9. The van der Waals surface area contributed by atoms with E-state index in [0.29, 0.717) is 41.0 Å². The molecule has 8 heteroatoms. The smallest absolute Gasteiger partial charge is 0.255 e. The van der Waals surface area contributed by atoms with E-state index in [9.17, 15) is 9.59 Å². The first-order chi connectivity index (χ1) is 15.8. The molecule has 0 unspecified atom stereocenters. The number of nitrogens with one attached hydrogen (secondary N) is 1. The van der Waals surface area contributed by atoms with Gasteiger partial charge in [0.25, 0.3) is 11.8 Å². The molecular formula is C25H29Cl2N3O3. The maximum Gasteiger partial charge on any atom is 0.255 e. The van der Waals surface area contributed by atoms with Gasteiger partial charge in [-0.3, -0.25) is 14.5 Å². The van der Waals surface area contributed by atoms with Crippen LogP contribution in [0, 0.1) is 6.92 Å². The number of halogens is 2. The van der Waals surface area contributed by atoms with E-state index in [1.807, 2.05) is 17.9 Å². The van der Waals surface area contributed by atoms with Crippen LogP contribution in [-0.2, 0) is 16.1 Å². The topological polar surface area (TPSA) is 61.9 Å². The van der Waals surface area contributed by atoms with Gasteiger partial charge in [-0.25, -0.2) is 0 Å². The SMILES string of the molecule is Cc1c(CN2CCN(C(=O)[C@@H]3CCCO3)[C@@H](C)C2)cc(Cl)cc1NC(=O)c1cccc(Cl)c1. The van der Waals surface area contributed by atoms with Crippen LogP contribution in [0.15, 0.2) is 36.4 Å². The number of amides is 2. The number of benzene rings is 2. The molecule has 33 heavy (non-hydrogen) atoms. The van der Waals surface area contributed by atoms with Crippen molar-refractivity contribution in [2.45, 2.75) is 45.4 Å². The minimum absolute atomic E-state index is 0.108. The lowest BCUT2D eigenvalue weighted by molar-refractivity contribution is -0.145. The molecule has 176 valence electrons. The van der Waals surface area contributed by atoms with E-state index in [2.05, 4.69) is 17.1 Å². The van der Waals surface area contributed by atoms with Gasteiger partial charge in [0.2, 0.25) is 0 Å². The van der Waals surface area contributed by atoms with Crippen molar-refractivity contribution in [2.75, 3.05) is 31.6 Å². The summed E-state index contributed by atoms with van der Waals surface area (Å²) in [5.74, 6) is -0.117. The summed E-state index contributed by atoms with van der Waals surface area (Å²) < 4.78 is 5.59. The van der Waals surface area contributed by atoms with Crippen molar-refractivity contribution in [1.82, 2.24) is 9.80 Å². The van der Waals surface area contributed by atoms with Crippen molar-refractivity contribution >= 4 is 40.7 Å². The molecule has 4 rings (SSSR count). The Morgan fingerprint density at radius 3 is 2.67 bits per heavy atom. The lowest BCUT2D eigenvalue weighted by Crippen LogP contribution is -2.55. The van der Waals surface area contributed by atoms with Gasteiger partial charge < -0.3 is 15.0 Å². The standard InChI is InChI=1S/C25H29Cl2N3O3/c1-16-14-29(8-9-30(16)25(32)23-7-4-10-33-23)15-19-12-21(27)13-22(17(19)2)28-24(31)18-5-3-6-20(26)11-18/h3,5-6,11-13,16,23H,4,7-10,14-15H2,1-2H3,(H,28,31)/t16-,23-/m0/s1. The minimum Gasteiger partial charge on any atom is -0.368 e. The van der Waals surface area contributed by atoms with Gasteiger partial charge in [-0.05, 0) is 68.1 Å². The van der Waals surface area contributed by atoms with E-state index in [0.717, 1.165) is 37.1 Å². The molecule has 2 atom stereocenters. The monoisotopic (exact) mass is 489 g/mol. The summed E-state index contributed by atoms with van der Waals surface area (Å²) in [5, 5.41) is 4.05. The molecule has 2 aliphatic rings. The average molecular weight is 490 g/mol. The van der Waals surface area contributed by atoms with Gasteiger partial charge in [-0.2, -0.15) is 0 Å². The number of nitrogens with zero attached hydrogens (tertiary/aromatic N) is 2. The predicted molar refractivity (Wildman–Crippen MR) is 131 cm³/mol. The van der Waals surface area contributed by atoms with E-state index < -0.39 is 0 Å². The van der Waals surface area contributed by atoms with Crippen molar-refractivity contribution in [3.05, 3.63) is 63.1 Å². The van der Waals surface area contributed by atoms with Crippen molar-refractivity contribution in [3.63, 3.8) is 0 Å². The normalized spacial score (nSPS) is 21.3. The Balaban J connectivity index is 1.43. The van der Waals surface area contributed by atoms with E-state index in [1.54, 1.807) is 30.3 Å². The first-order valence-electron chi connectivity index (χ1n) is 11.3. The maximum absolute atomic E-state index is 12.8. The summed E-state index contributed by atoms with van der Waals surface area (Å²) in [6, 6.07) is 10.7. The highest BCUT2D eigenvalue weighted by Crippen LogP contribution is 2.28. The van der Waals surface area contributed by atoms with Crippen LogP contribution in [0.3, 0.4) is 0 Å². The van der Waals surface area contributed by atoms with Gasteiger partial charge in [0.05, 0.1) is 0 Å². The summed E-state index contributed by atoms with van der Waals surface area (Å²) in [6.45, 7) is 7.67. The minimum atomic E-state index is -0.278. The molecule has 0 radical (unpaired) electrons. The molecule has 0 bridgehead atoms. The van der Waals surface area contributed by atoms with Crippen LogP contribution < -0.4 is 5.32 Å². The first kappa shape index (κ1) is 24.0. The molecular weight excluding hydrogens is 461 g/mol. The summed E-state index contributed by atoms with van der Waals surface area (Å²) in [4.78, 5) is 29.8. The lowest BCUT2D eigenvalue weighted by atomic mass is 10.0. The Hall–Kier alpha value is -2.12. The lowest BCUT2D eigenvalue weighted by Gasteiger charge is -2.41. The number of hydrogen-bond acceptors (Lipinski definition) is 4. The highest BCUT2D eigenvalue weighted by molar-refractivity contribution is 6.31. The van der Waals surface area contributed by atoms with Gasteiger partial charge in [0.15, 0.2) is 0 Å². The maximum atomic E-state index is 12.8. The number of hydrogen-bond donors (Lipinski definition) is 1. The van der Waals surface area contributed by atoms with E-state index >= 15 is 0 Å². The first-order valence-corrected chi connectivity index (χ1v) is 12.1. The second-order valence-corrected chi connectivity index (χ2v) is 9.69. The van der Waals surface area contributed by atoms with Crippen molar-refractivity contribution in [1.29, 1.82) is 0 Å². The molecule has 0 aromatic heterocycles. The number of ether oxygens (including phenoxy) is 1. The molecule has 2 heterocycles. The highest BCUT2D eigenvalue weighted by Gasteiger charge is 2.34. The highest BCUT2D eigenvalue weighted by atomic mass is 35.5. The molecule has 2 aliphatic heterocycles. The zero-order chi connectivity index (χ0) is 23.5. The summed E-state index contributed by atoms with van der Waals surface area (Å²) >= 11 is 12.4.